The maximum atomic E-state index is 10.8. The van der Waals surface area contributed by atoms with E-state index in [1.165, 1.54) is 30.0 Å². The monoisotopic (exact) mass is 300 g/mol. The summed E-state index contributed by atoms with van der Waals surface area (Å²) in [5.41, 5.74) is -0.0181. The van der Waals surface area contributed by atoms with Gasteiger partial charge in [-0.2, -0.15) is 0 Å². The Balaban J connectivity index is 1.85. The molecule has 0 atom stereocenters. The average molecular weight is 300 g/mol. The lowest BCUT2D eigenvalue weighted by Crippen LogP contribution is -2.14. The van der Waals surface area contributed by atoms with E-state index in [2.05, 4.69) is 4.98 Å². The van der Waals surface area contributed by atoms with Gasteiger partial charge in [0.1, 0.15) is 17.8 Å². The fourth-order valence-corrected chi connectivity index (χ4v) is 3.87. The normalized spacial score (nSPS) is 15.8. The van der Waals surface area contributed by atoms with Crippen molar-refractivity contribution < 1.29 is 14.5 Å². The summed E-state index contributed by atoms with van der Waals surface area (Å²) >= 11 is 0. The Hall–Kier alpha value is -1.28. The topological polar surface area (TPSA) is 82.3 Å². The second-order valence-corrected chi connectivity index (χ2v) is 6.86. The number of aromatic nitrogens is 1. The van der Waals surface area contributed by atoms with Crippen LogP contribution in [0.2, 0.25) is 0 Å². The molecule has 1 aromatic rings. The number of carbonyl (C=O) groups is 1. The van der Waals surface area contributed by atoms with E-state index >= 15 is 0 Å². The highest BCUT2D eigenvalue weighted by Gasteiger charge is 2.45. The minimum Gasteiger partial charge on any atom is -0.464 e. The zero-order valence-corrected chi connectivity index (χ0v) is 11.8. The molecule has 1 fully saturated rings. The van der Waals surface area contributed by atoms with Gasteiger partial charge in [-0.25, -0.2) is 4.98 Å². The maximum Gasteiger partial charge on any atom is 0.302 e. The van der Waals surface area contributed by atoms with Crippen molar-refractivity contribution in [2.75, 3.05) is 6.61 Å². The molecule has 6 nitrogen and oxygen atoms in total. The number of rotatable bonds is 6. The van der Waals surface area contributed by atoms with Crippen molar-refractivity contribution in [3.63, 3.8) is 0 Å². The van der Waals surface area contributed by atoms with Gasteiger partial charge >= 0.3 is 5.97 Å². The van der Waals surface area contributed by atoms with Crippen molar-refractivity contribution in [3.8, 4) is 0 Å². The van der Waals surface area contributed by atoms with Crippen LogP contribution >= 0.6 is 21.6 Å². The lowest BCUT2D eigenvalue weighted by molar-refractivity contribution is -0.385. The largest absolute Gasteiger partial charge is 0.464 e. The first-order valence-corrected chi connectivity index (χ1v) is 7.75. The van der Waals surface area contributed by atoms with E-state index < -0.39 is 4.92 Å². The maximum absolute atomic E-state index is 10.8. The summed E-state index contributed by atoms with van der Waals surface area (Å²) in [4.78, 5) is 24.8. The Morgan fingerprint density at radius 3 is 2.79 bits per heavy atom. The first kappa shape index (κ1) is 14.1. The van der Waals surface area contributed by atoms with Crippen molar-refractivity contribution in [1.29, 1.82) is 0 Å². The Morgan fingerprint density at radius 2 is 2.32 bits per heavy atom. The number of ether oxygens (including phenoxy) is 1. The molecule has 0 aromatic carbocycles. The van der Waals surface area contributed by atoms with Crippen molar-refractivity contribution >= 4 is 33.2 Å². The Morgan fingerprint density at radius 1 is 1.58 bits per heavy atom. The standard InChI is InChI=1S/C11H12N2O4S2/c1-8(14)17-7-11(4-5-11)19-18-10-3-2-9(6-12-10)13(15)16/h2-3,6H,4-5,7H2,1H3. The van der Waals surface area contributed by atoms with Crippen LogP contribution in [0.4, 0.5) is 5.69 Å². The van der Waals surface area contributed by atoms with E-state index in [-0.39, 0.29) is 16.4 Å². The van der Waals surface area contributed by atoms with Crippen LogP contribution in [-0.4, -0.2) is 27.2 Å². The Kier molecular flexibility index (Phi) is 4.31. The summed E-state index contributed by atoms with van der Waals surface area (Å²) in [6.07, 6.45) is 3.25. The smallest absolute Gasteiger partial charge is 0.302 e. The zero-order chi connectivity index (χ0) is 13.9. The molecule has 1 aliphatic carbocycles. The second-order valence-electron chi connectivity index (χ2n) is 4.24. The molecule has 0 spiro atoms. The van der Waals surface area contributed by atoms with Crippen LogP contribution in [0.25, 0.3) is 0 Å². The van der Waals surface area contributed by atoms with Crippen molar-refractivity contribution in [2.24, 2.45) is 0 Å². The Labute approximate surface area is 117 Å². The van der Waals surface area contributed by atoms with Crippen LogP contribution in [0.1, 0.15) is 19.8 Å². The average Bonchev–Trinajstić information content (AvgIpc) is 3.15. The first-order valence-electron chi connectivity index (χ1n) is 5.60. The predicted molar refractivity (Wildman–Crippen MR) is 72.9 cm³/mol. The minimum atomic E-state index is -0.475. The summed E-state index contributed by atoms with van der Waals surface area (Å²) in [7, 11) is 3.06. The molecule has 2 rings (SSSR count). The third-order valence-electron chi connectivity index (χ3n) is 2.58. The van der Waals surface area contributed by atoms with Gasteiger partial charge in [-0.15, -0.1) is 0 Å². The van der Waals surface area contributed by atoms with Crippen molar-refractivity contribution in [2.45, 2.75) is 29.5 Å². The zero-order valence-electron chi connectivity index (χ0n) is 10.2. The van der Waals surface area contributed by atoms with Crippen LogP contribution < -0.4 is 0 Å². The number of carbonyl (C=O) groups excluding carboxylic acids is 1. The van der Waals surface area contributed by atoms with Gasteiger partial charge in [0.15, 0.2) is 0 Å². The van der Waals surface area contributed by atoms with Crippen LogP contribution in [-0.2, 0) is 9.53 Å². The summed E-state index contributed by atoms with van der Waals surface area (Å²) in [6, 6.07) is 3.05. The molecule has 1 heterocycles. The third-order valence-corrected chi connectivity index (χ3v) is 5.78. The summed E-state index contributed by atoms with van der Waals surface area (Å²) in [6.45, 7) is 1.80. The quantitative estimate of drug-likeness (QED) is 0.346. The van der Waals surface area contributed by atoms with E-state index in [1.54, 1.807) is 16.9 Å². The predicted octanol–water partition coefficient (Wildman–Crippen LogP) is 2.83. The molecule has 0 amide bonds. The molecule has 0 N–H and O–H groups in total. The highest BCUT2D eigenvalue weighted by molar-refractivity contribution is 8.77. The molecular formula is C11H12N2O4S2. The molecule has 1 saturated carbocycles. The second kappa shape index (κ2) is 5.79. The van der Waals surface area contributed by atoms with Crippen LogP contribution in [0.5, 0.6) is 0 Å². The summed E-state index contributed by atoms with van der Waals surface area (Å²) < 4.78 is 5.01. The van der Waals surface area contributed by atoms with Gasteiger partial charge in [-0.1, -0.05) is 10.8 Å². The van der Waals surface area contributed by atoms with Crippen LogP contribution in [0.15, 0.2) is 23.4 Å². The molecule has 0 unspecified atom stereocenters. The van der Waals surface area contributed by atoms with E-state index in [4.69, 9.17) is 4.74 Å². The summed E-state index contributed by atoms with van der Waals surface area (Å²) in [5, 5.41) is 11.2. The molecule has 0 saturated heterocycles. The molecule has 19 heavy (non-hydrogen) atoms. The van der Waals surface area contributed by atoms with E-state index in [0.29, 0.717) is 11.6 Å². The first-order chi connectivity index (χ1) is 9.01. The number of nitrogens with zero attached hydrogens (tertiary/aromatic N) is 2. The molecule has 0 aliphatic heterocycles. The van der Waals surface area contributed by atoms with Crippen molar-refractivity contribution in [3.05, 3.63) is 28.4 Å². The number of hydrogen-bond acceptors (Lipinski definition) is 7. The van der Waals surface area contributed by atoms with Gasteiger partial charge in [0.05, 0.1) is 9.67 Å². The van der Waals surface area contributed by atoms with E-state index in [1.807, 2.05) is 0 Å². The highest BCUT2D eigenvalue weighted by atomic mass is 33.1. The van der Waals surface area contributed by atoms with Gasteiger partial charge in [0, 0.05) is 13.0 Å². The molecular weight excluding hydrogens is 288 g/mol. The van der Waals surface area contributed by atoms with E-state index in [0.717, 1.165) is 12.8 Å². The summed E-state index contributed by atoms with van der Waals surface area (Å²) in [5.74, 6) is -0.273. The number of hydrogen-bond donors (Lipinski definition) is 0. The van der Waals surface area contributed by atoms with Gasteiger partial charge in [0.25, 0.3) is 5.69 Å². The van der Waals surface area contributed by atoms with Gasteiger partial charge in [-0.05, 0) is 29.7 Å². The van der Waals surface area contributed by atoms with Gasteiger partial charge in [0.2, 0.25) is 0 Å². The number of pyridine rings is 1. The lowest BCUT2D eigenvalue weighted by atomic mass is 10.4. The van der Waals surface area contributed by atoms with Gasteiger partial charge < -0.3 is 4.74 Å². The SMILES string of the molecule is CC(=O)OCC1(SSc2ccc([N+](=O)[O-])cn2)CC1. The highest BCUT2D eigenvalue weighted by Crippen LogP contribution is 2.55. The minimum absolute atomic E-state index is 0.0141. The van der Waals surface area contributed by atoms with Crippen LogP contribution in [0.3, 0.4) is 0 Å². The number of nitro groups is 1. The molecule has 102 valence electrons. The van der Waals surface area contributed by atoms with Crippen LogP contribution in [0, 0.1) is 10.1 Å². The molecule has 1 aromatic heterocycles. The molecule has 1 aliphatic rings. The fourth-order valence-electron chi connectivity index (χ4n) is 1.29. The Bertz CT molecular complexity index is 488. The van der Waals surface area contributed by atoms with Crippen molar-refractivity contribution in [1.82, 2.24) is 4.98 Å². The molecule has 0 bridgehead atoms. The lowest BCUT2D eigenvalue weighted by Gasteiger charge is -2.12. The van der Waals surface area contributed by atoms with E-state index in [9.17, 15) is 14.9 Å². The molecule has 0 radical (unpaired) electrons. The number of esters is 1. The van der Waals surface area contributed by atoms with Gasteiger partial charge in [-0.3, -0.25) is 14.9 Å². The fraction of sp³-hybridized carbons (Fsp3) is 0.455. The third kappa shape index (κ3) is 4.10. The molecule has 8 heteroatoms.